The average molecular weight is 500 g/mol. The van der Waals surface area contributed by atoms with Gasteiger partial charge in [-0.25, -0.2) is 0 Å². The molecule has 3 aromatic carbocycles. The third-order valence-corrected chi connectivity index (χ3v) is 5.48. The Morgan fingerprint density at radius 2 is 1.37 bits per heavy atom. The number of rotatable bonds is 1. The highest BCUT2D eigenvalue weighted by Gasteiger charge is 2.43. The van der Waals surface area contributed by atoms with Crippen LogP contribution in [-0.4, -0.2) is 5.11 Å². The van der Waals surface area contributed by atoms with Crippen LogP contribution in [0.1, 0.15) is 22.3 Å². The SMILES string of the molecule is OC1(c2cccc(C(F)(F)F)c2)c2cc(Br)ccc2Oc2ccc(Br)cc21. The van der Waals surface area contributed by atoms with Gasteiger partial charge >= 0.3 is 6.18 Å². The van der Waals surface area contributed by atoms with E-state index in [0.717, 1.165) is 12.1 Å². The number of aliphatic hydroxyl groups is 1. The van der Waals surface area contributed by atoms with E-state index < -0.39 is 17.3 Å². The summed E-state index contributed by atoms with van der Waals surface area (Å²) in [5, 5.41) is 11.8. The molecule has 0 fully saturated rings. The van der Waals surface area contributed by atoms with Crippen LogP contribution in [0.5, 0.6) is 11.5 Å². The Morgan fingerprint density at radius 3 is 1.89 bits per heavy atom. The van der Waals surface area contributed by atoms with E-state index in [-0.39, 0.29) is 5.56 Å². The van der Waals surface area contributed by atoms with Crippen LogP contribution in [0.15, 0.2) is 69.6 Å². The molecule has 1 N–H and O–H groups in total. The molecule has 138 valence electrons. The monoisotopic (exact) mass is 498 g/mol. The maximum Gasteiger partial charge on any atom is 0.416 e. The molecule has 7 heteroatoms. The van der Waals surface area contributed by atoms with Crippen molar-refractivity contribution in [2.24, 2.45) is 0 Å². The predicted octanol–water partition coefficient (Wildman–Crippen LogP) is 6.62. The fourth-order valence-electron chi connectivity index (χ4n) is 3.24. The third kappa shape index (κ3) is 3.07. The van der Waals surface area contributed by atoms with E-state index >= 15 is 0 Å². The highest BCUT2D eigenvalue weighted by molar-refractivity contribution is 9.10. The zero-order chi connectivity index (χ0) is 19.4. The fourth-order valence-corrected chi connectivity index (χ4v) is 3.97. The lowest BCUT2D eigenvalue weighted by Crippen LogP contribution is -2.32. The second kappa shape index (κ2) is 6.36. The van der Waals surface area contributed by atoms with Gasteiger partial charge in [0.1, 0.15) is 17.1 Å². The molecule has 0 aromatic heterocycles. The predicted molar refractivity (Wildman–Crippen MR) is 102 cm³/mol. The van der Waals surface area contributed by atoms with Gasteiger partial charge in [0.2, 0.25) is 0 Å². The molecular formula is C20H11Br2F3O2. The first-order chi connectivity index (χ1) is 12.7. The highest BCUT2D eigenvalue weighted by atomic mass is 79.9. The van der Waals surface area contributed by atoms with Gasteiger partial charge < -0.3 is 9.84 Å². The second-order valence-electron chi connectivity index (χ2n) is 6.17. The van der Waals surface area contributed by atoms with E-state index in [9.17, 15) is 18.3 Å². The van der Waals surface area contributed by atoms with Crippen molar-refractivity contribution in [2.45, 2.75) is 11.8 Å². The van der Waals surface area contributed by atoms with E-state index in [1.807, 2.05) is 0 Å². The standard InChI is InChI=1S/C20H11Br2F3O2/c21-13-4-6-17-15(9-13)19(26,16-10-14(22)5-7-18(16)27-17)11-2-1-3-12(8-11)20(23,24)25/h1-10,26H. The van der Waals surface area contributed by atoms with Crippen molar-refractivity contribution in [1.82, 2.24) is 0 Å². The van der Waals surface area contributed by atoms with Crippen LogP contribution in [0, 0.1) is 0 Å². The summed E-state index contributed by atoms with van der Waals surface area (Å²) >= 11 is 6.72. The van der Waals surface area contributed by atoms with Crippen molar-refractivity contribution in [3.8, 4) is 11.5 Å². The van der Waals surface area contributed by atoms with Crippen molar-refractivity contribution < 1.29 is 23.0 Å². The van der Waals surface area contributed by atoms with E-state index in [1.165, 1.54) is 12.1 Å². The third-order valence-electron chi connectivity index (χ3n) is 4.49. The van der Waals surface area contributed by atoms with Crippen molar-refractivity contribution in [1.29, 1.82) is 0 Å². The lowest BCUT2D eigenvalue weighted by atomic mass is 9.78. The maximum absolute atomic E-state index is 13.3. The number of alkyl halides is 3. The molecule has 0 atom stereocenters. The highest BCUT2D eigenvalue weighted by Crippen LogP contribution is 2.51. The molecule has 2 nitrogen and oxygen atoms in total. The topological polar surface area (TPSA) is 29.5 Å². The summed E-state index contributed by atoms with van der Waals surface area (Å²) in [7, 11) is 0. The molecule has 1 aliphatic rings. The molecule has 0 radical (unpaired) electrons. The minimum atomic E-state index is -4.52. The van der Waals surface area contributed by atoms with E-state index in [4.69, 9.17) is 4.74 Å². The molecule has 0 amide bonds. The van der Waals surface area contributed by atoms with Crippen molar-refractivity contribution >= 4 is 31.9 Å². The Labute approximate surface area is 169 Å². The first-order valence-corrected chi connectivity index (χ1v) is 9.46. The molecule has 0 aliphatic carbocycles. The van der Waals surface area contributed by atoms with Gasteiger partial charge in [0.15, 0.2) is 0 Å². The molecule has 0 spiro atoms. The summed E-state index contributed by atoms with van der Waals surface area (Å²) in [5.41, 5.74) is -1.80. The summed E-state index contributed by atoms with van der Waals surface area (Å²) in [4.78, 5) is 0. The lowest BCUT2D eigenvalue weighted by molar-refractivity contribution is -0.137. The van der Waals surface area contributed by atoms with Gasteiger partial charge in [0.25, 0.3) is 0 Å². The van der Waals surface area contributed by atoms with Crippen LogP contribution in [0.4, 0.5) is 13.2 Å². The molecule has 27 heavy (non-hydrogen) atoms. The Hall–Kier alpha value is -1.83. The molecule has 0 saturated carbocycles. The molecule has 3 aromatic rings. The Balaban J connectivity index is 2.04. The van der Waals surface area contributed by atoms with E-state index in [1.54, 1.807) is 36.4 Å². The Morgan fingerprint density at radius 1 is 0.815 bits per heavy atom. The van der Waals surface area contributed by atoms with Crippen LogP contribution in [0.25, 0.3) is 0 Å². The van der Waals surface area contributed by atoms with Gasteiger partial charge in [-0.05, 0) is 54.1 Å². The molecule has 4 rings (SSSR count). The minimum absolute atomic E-state index is 0.110. The van der Waals surface area contributed by atoms with Gasteiger partial charge in [-0.15, -0.1) is 0 Å². The molecule has 1 heterocycles. The van der Waals surface area contributed by atoms with Gasteiger partial charge in [0.05, 0.1) is 5.56 Å². The van der Waals surface area contributed by atoms with Crippen molar-refractivity contribution in [2.75, 3.05) is 0 Å². The summed E-state index contributed by atoms with van der Waals surface area (Å²) < 4.78 is 47.0. The van der Waals surface area contributed by atoms with E-state index in [0.29, 0.717) is 31.6 Å². The average Bonchev–Trinajstić information content (AvgIpc) is 2.63. The van der Waals surface area contributed by atoms with Crippen LogP contribution < -0.4 is 4.74 Å². The van der Waals surface area contributed by atoms with Gasteiger partial charge in [-0.3, -0.25) is 0 Å². The van der Waals surface area contributed by atoms with Gasteiger partial charge in [-0.2, -0.15) is 13.2 Å². The number of hydrogen-bond acceptors (Lipinski definition) is 2. The number of fused-ring (bicyclic) bond motifs is 2. The molecule has 1 aliphatic heterocycles. The Bertz CT molecular complexity index is 996. The number of benzene rings is 3. The first-order valence-electron chi connectivity index (χ1n) is 7.87. The molecular weight excluding hydrogens is 489 g/mol. The van der Waals surface area contributed by atoms with Crippen LogP contribution in [-0.2, 0) is 11.8 Å². The lowest BCUT2D eigenvalue weighted by Gasteiger charge is -2.37. The maximum atomic E-state index is 13.3. The number of halogens is 5. The van der Waals surface area contributed by atoms with Gasteiger partial charge in [-0.1, -0.05) is 44.0 Å². The van der Waals surface area contributed by atoms with Gasteiger partial charge in [0, 0.05) is 20.1 Å². The number of hydrogen-bond donors (Lipinski definition) is 1. The summed E-state index contributed by atoms with van der Waals surface area (Å²) in [6, 6.07) is 14.9. The number of ether oxygens (including phenoxy) is 1. The summed E-state index contributed by atoms with van der Waals surface area (Å²) in [5.74, 6) is 0.765. The largest absolute Gasteiger partial charge is 0.457 e. The Kier molecular flexibility index (Phi) is 4.36. The van der Waals surface area contributed by atoms with Crippen LogP contribution in [0.2, 0.25) is 0 Å². The molecule has 0 saturated heterocycles. The quantitative estimate of drug-likeness (QED) is 0.407. The minimum Gasteiger partial charge on any atom is -0.457 e. The normalized spacial score (nSPS) is 14.9. The smallest absolute Gasteiger partial charge is 0.416 e. The summed E-state index contributed by atoms with van der Waals surface area (Å²) in [6.07, 6.45) is -4.52. The fraction of sp³-hybridized carbons (Fsp3) is 0.100. The van der Waals surface area contributed by atoms with Crippen molar-refractivity contribution in [3.05, 3.63) is 91.9 Å². The van der Waals surface area contributed by atoms with Crippen LogP contribution >= 0.6 is 31.9 Å². The molecule has 0 unspecified atom stereocenters. The zero-order valence-corrected chi connectivity index (χ0v) is 16.7. The zero-order valence-electron chi connectivity index (χ0n) is 13.5. The van der Waals surface area contributed by atoms with Crippen molar-refractivity contribution in [3.63, 3.8) is 0 Å². The van der Waals surface area contributed by atoms with Crippen LogP contribution in [0.3, 0.4) is 0 Å². The molecule has 0 bridgehead atoms. The first kappa shape index (κ1) is 18.5. The summed E-state index contributed by atoms with van der Waals surface area (Å²) in [6.45, 7) is 0. The second-order valence-corrected chi connectivity index (χ2v) is 8.00. The van der Waals surface area contributed by atoms with E-state index in [2.05, 4.69) is 31.9 Å².